The van der Waals surface area contributed by atoms with E-state index in [-0.39, 0.29) is 10.8 Å². The van der Waals surface area contributed by atoms with Gasteiger partial charge in [-0.25, -0.2) is 0 Å². The normalized spacial score (nSPS) is 12.8. The van der Waals surface area contributed by atoms with Crippen molar-refractivity contribution in [2.24, 2.45) is 5.41 Å². The van der Waals surface area contributed by atoms with Crippen LogP contribution in [0.4, 0.5) is 0 Å². The molecule has 32 heavy (non-hydrogen) atoms. The van der Waals surface area contributed by atoms with E-state index in [9.17, 15) is 0 Å². The molecule has 0 fully saturated rings. The summed E-state index contributed by atoms with van der Waals surface area (Å²) in [5.74, 6) is 0. The van der Waals surface area contributed by atoms with Crippen molar-refractivity contribution in [2.45, 2.75) is 53.4 Å². The molecule has 0 atom stereocenters. The van der Waals surface area contributed by atoms with Crippen LogP contribution in [0.5, 0.6) is 0 Å². The van der Waals surface area contributed by atoms with Crippen LogP contribution in [0.2, 0.25) is 0 Å². The quantitative estimate of drug-likeness (QED) is 0.268. The molecule has 0 spiro atoms. The molecule has 2 heterocycles. The standard InChI is InChI=1S/C30H31NS/c1-29(2,3)18-20-11-9-13-25-26(20)23-14-15-31-27(28(23)32-25)21-16-19-10-7-8-12-22(19)24(17-21)30(4,5)6/h7-17H,18H2,1-6H3. The number of rotatable bonds is 2. The Morgan fingerprint density at radius 1 is 0.812 bits per heavy atom. The topological polar surface area (TPSA) is 12.9 Å². The van der Waals surface area contributed by atoms with Crippen LogP contribution in [0.25, 0.3) is 42.2 Å². The van der Waals surface area contributed by atoms with Crippen molar-refractivity contribution in [3.8, 4) is 11.3 Å². The molecule has 2 aromatic heterocycles. The Labute approximate surface area is 195 Å². The summed E-state index contributed by atoms with van der Waals surface area (Å²) >= 11 is 1.88. The van der Waals surface area contributed by atoms with Crippen molar-refractivity contribution < 1.29 is 0 Å². The fraction of sp³-hybridized carbons (Fsp3) is 0.300. The molecule has 0 amide bonds. The maximum Gasteiger partial charge on any atom is 0.0880 e. The summed E-state index contributed by atoms with van der Waals surface area (Å²) in [7, 11) is 0. The second-order valence-electron chi connectivity index (χ2n) is 11.2. The largest absolute Gasteiger partial charge is 0.255 e. The van der Waals surface area contributed by atoms with Gasteiger partial charge in [0.25, 0.3) is 0 Å². The molecular weight excluding hydrogens is 406 g/mol. The van der Waals surface area contributed by atoms with Crippen LogP contribution < -0.4 is 0 Å². The van der Waals surface area contributed by atoms with E-state index in [1.165, 1.54) is 47.6 Å². The first-order valence-corrected chi connectivity index (χ1v) is 12.3. The van der Waals surface area contributed by atoms with Gasteiger partial charge in [0.05, 0.1) is 10.4 Å². The number of thiophene rings is 1. The highest BCUT2D eigenvalue weighted by atomic mass is 32.1. The number of fused-ring (bicyclic) bond motifs is 4. The Morgan fingerprint density at radius 3 is 2.34 bits per heavy atom. The second-order valence-corrected chi connectivity index (χ2v) is 12.2. The molecule has 0 saturated heterocycles. The van der Waals surface area contributed by atoms with Crippen LogP contribution in [0.3, 0.4) is 0 Å². The molecule has 1 nitrogen and oxygen atoms in total. The van der Waals surface area contributed by atoms with Crippen molar-refractivity contribution in [1.82, 2.24) is 4.98 Å². The Hall–Kier alpha value is -2.71. The number of pyridine rings is 1. The van der Waals surface area contributed by atoms with Gasteiger partial charge in [0, 0.05) is 27.2 Å². The van der Waals surface area contributed by atoms with E-state index in [1.807, 2.05) is 17.5 Å². The zero-order chi connectivity index (χ0) is 22.7. The molecule has 3 aromatic carbocycles. The number of nitrogens with zero attached hydrogens (tertiary/aromatic N) is 1. The van der Waals surface area contributed by atoms with Gasteiger partial charge in [0.2, 0.25) is 0 Å². The highest BCUT2D eigenvalue weighted by Crippen LogP contribution is 2.43. The van der Waals surface area contributed by atoms with Crippen molar-refractivity contribution in [1.29, 1.82) is 0 Å². The maximum absolute atomic E-state index is 4.92. The molecule has 162 valence electrons. The minimum Gasteiger partial charge on any atom is -0.255 e. The van der Waals surface area contributed by atoms with Crippen molar-refractivity contribution in [2.75, 3.05) is 0 Å². The lowest BCUT2D eigenvalue weighted by atomic mass is 9.82. The summed E-state index contributed by atoms with van der Waals surface area (Å²) in [5.41, 5.74) is 5.43. The lowest BCUT2D eigenvalue weighted by Crippen LogP contribution is -2.12. The van der Waals surface area contributed by atoms with Gasteiger partial charge >= 0.3 is 0 Å². The molecule has 0 N–H and O–H groups in total. The smallest absolute Gasteiger partial charge is 0.0880 e. The SMILES string of the molecule is CC(C)(C)Cc1cccc2sc3c(-c4cc(C(C)(C)C)c5ccccc5c4)nccc3c12. The third-order valence-corrected chi connectivity index (χ3v) is 7.34. The van der Waals surface area contributed by atoms with Gasteiger partial charge in [-0.15, -0.1) is 11.3 Å². The maximum atomic E-state index is 4.92. The van der Waals surface area contributed by atoms with E-state index in [2.05, 4.69) is 102 Å². The summed E-state index contributed by atoms with van der Waals surface area (Å²) in [6.45, 7) is 13.8. The third kappa shape index (κ3) is 3.71. The predicted octanol–water partition coefficient (Wildman–Crippen LogP) is 9.16. The first-order valence-electron chi connectivity index (χ1n) is 11.4. The second kappa shape index (κ2) is 7.42. The molecule has 5 aromatic rings. The van der Waals surface area contributed by atoms with Crippen molar-refractivity contribution in [3.05, 3.63) is 78.0 Å². The minimum absolute atomic E-state index is 0.0591. The first-order chi connectivity index (χ1) is 15.1. The van der Waals surface area contributed by atoms with Gasteiger partial charge in [-0.3, -0.25) is 4.98 Å². The van der Waals surface area contributed by atoms with Crippen LogP contribution in [0, 0.1) is 5.41 Å². The van der Waals surface area contributed by atoms with Gasteiger partial charge in [0.15, 0.2) is 0 Å². The minimum atomic E-state index is 0.0591. The van der Waals surface area contributed by atoms with Crippen LogP contribution >= 0.6 is 11.3 Å². The Bertz CT molecular complexity index is 1460. The fourth-order valence-corrected chi connectivity index (χ4v) is 6.07. The number of aromatic nitrogens is 1. The van der Waals surface area contributed by atoms with Gasteiger partial charge in [-0.1, -0.05) is 77.9 Å². The summed E-state index contributed by atoms with van der Waals surface area (Å²) < 4.78 is 2.65. The molecule has 0 radical (unpaired) electrons. The Kier molecular flexibility index (Phi) is 4.90. The van der Waals surface area contributed by atoms with E-state index in [1.54, 1.807) is 0 Å². The van der Waals surface area contributed by atoms with Crippen LogP contribution in [0.15, 0.2) is 66.9 Å². The Balaban J connectivity index is 1.80. The molecule has 0 aliphatic carbocycles. The lowest BCUT2D eigenvalue weighted by Gasteiger charge is -2.22. The molecular formula is C30H31NS. The lowest BCUT2D eigenvalue weighted by molar-refractivity contribution is 0.413. The Morgan fingerprint density at radius 2 is 1.59 bits per heavy atom. The van der Waals surface area contributed by atoms with Gasteiger partial charge < -0.3 is 0 Å². The number of hydrogen-bond acceptors (Lipinski definition) is 2. The highest BCUT2D eigenvalue weighted by molar-refractivity contribution is 7.26. The summed E-state index contributed by atoms with van der Waals surface area (Å²) in [5, 5.41) is 5.35. The van der Waals surface area contributed by atoms with Crippen molar-refractivity contribution >= 4 is 42.3 Å². The van der Waals surface area contributed by atoms with Crippen LogP contribution in [0.1, 0.15) is 52.7 Å². The summed E-state index contributed by atoms with van der Waals surface area (Å²) in [6.07, 6.45) is 3.06. The van der Waals surface area contributed by atoms with Crippen molar-refractivity contribution in [3.63, 3.8) is 0 Å². The average Bonchev–Trinajstić information content (AvgIpc) is 3.11. The van der Waals surface area contributed by atoms with Crippen LogP contribution in [-0.4, -0.2) is 4.98 Å². The van der Waals surface area contributed by atoms with Crippen LogP contribution in [-0.2, 0) is 11.8 Å². The summed E-state index contributed by atoms with van der Waals surface area (Å²) in [6, 6.07) is 22.4. The van der Waals surface area contributed by atoms with Gasteiger partial charge in [-0.2, -0.15) is 0 Å². The molecule has 0 aliphatic heterocycles. The monoisotopic (exact) mass is 437 g/mol. The average molecular weight is 438 g/mol. The molecule has 0 aliphatic rings. The molecule has 5 rings (SSSR count). The number of benzene rings is 3. The predicted molar refractivity (Wildman–Crippen MR) is 142 cm³/mol. The third-order valence-electron chi connectivity index (χ3n) is 6.16. The molecule has 0 saturated carbocycles. The molecule has 0 unspecified atom stereocenters. The zero-order valence-corrected chi connectivity index (χ0v) is 20.7. The highest BCUT2D eigenvalue weighted by Gasteiger charge is 2.21. The molecule has 2 heteroatoms. The van der Waals surface area contributed by atoms with Gasteiger partial charge in [0.1, 0.15) is 0 Å². The first kappa shape index (κ1) is 21.2. The summed E-state index contributed by atoms with van der Waals surface area (Å²) in [4.78, 5) is 4.92. The zero-order valence-electron chi connectivity index (χ0n) is 19.9. The number of hydrogen-bond donors (Lipinski definition) is 0. The van der Waals surface area contributed by atoms with E-state index < -0.39 is 0 Å². The fourth-order valence-electron chi connectivity index (χ4n) is 4.82. The van der Waals surface area contributed by atoms with Gasteiger partial charge in [-0.05, 0) is 63.4 Å². The van der Waals surface area contributed by atoms with E-state index >= 15 is 0 Å². The van der Waals surface area contributed by atoms with E-state index in [0.717, 1.165) is 12.1 Å². The molecule has 0 bridgehead atoms. The van der Waals surface area contributed by atoms with E-state index in [0.29, 0.717) is 0 Å². The van der Waals surface area contributed by atoms with E-state index in [4.69, 9.17) is 4.98 Å².